The Bertz CT molecular complexity index is 754. The van der Waals surface area contributed by atoms with E-state index in [-0.39, 0.29) is 10.8 Å². The molecule has 1 aromatic heterocycles. The van der Waals surface area contributed by atoms with Crippen LogP contribution >= 0.6 is 0 Å². The second kappa shape index (κ2) is 6.67. The molecule has 0 aliphatic carbocycles. The van der Waals surface area contributed by atoms with Crippen LogP contribution in [0.4, 0.5) is 0 Å². The number of sulfonamides is 1. The van der Waals surface area contributed by atoms with Gasteiger partial charge in [0.2, 0.25) is 10.0 Å². The van der Waals surface area contributed by atoms with Gasteiger partial charge >= 0.3 is 0 Å². The molecular formula is C15H17N3O3S. The lowest BCUT2D eigenvalue weighted by molar-refractivity contribution is 0.0950. The second-order valence-electron chi connectivity index (χ2n) is 4.72. The Labute approximate surface area is 129 Å². The van der Waals surface area contributed by atoms with Gasteiger partial charge in [-0.05, 0) is 43.8 Å². The van der Waals surface area contributed by atoms with Gasteiger partial charge in [-0.25, -0.2) is 13.1 Å². The summed E-state index contributed by atoms with van der Waals surface area (Å²) in [5, 5.41) is 2.76. The van der Waals surface area contributed by atoms with E-state index in [1.165, 1.54) is 25.4 Å². The van der Waals surface area contributed by atoms with E-state index in [2.05, 4.69) is 15.0 Å². The summed E-state index contributed by atoms with van der Waals surface area (Å²) in [7, 11) is -2.08. The normalized spacial score (nSPS) is 11.2. The number of aromatic nitrogens is 1. The zero-order valence-corrected chi connectivity index (χ0v) is 13.1. The highest BCUT2D eigenvalue weighted by Gasteiger charge is 2.11. The summed E-state index contributed by atoms with van der Waals surface area (Å²) in [5.41, 5.74) is 2.14. The number of amides is 1. The maximum absolute atomic E-state index is 11.9. The van der Waals surface area contributed by atoms with Crippen molar-refractivity contribution in [2.45, 2.75) is 18.4 Å². The van der Waals surface area contributed by atoms with Gasteiger partial charge in [0.15, 0.2) is 0 Å². The third-order valence-electron chi connectivity index (χ3n) is 3.13. The van der Waals surface area contributed by atoms with E-state index in [0.717, 1.165) is 11.3 Å². The average Bonchev–Trinajstić information content (AvgIpc) is 2.53. The highest BCUT2D eigenvalue weighted by atomic mass is 32.2. The number of nitrogens with zero attached hydrogens (tertiary/aromatic N) is 1. The zero-order chi connectivity index (χ0) is 16.2. The van der Waals surface area contributed by atoms with Crippen molar-refractivity contribution in [3.05, 3.63) is 59.4 Å². The lowest BCUT2D eigenvalue weighted by Crippen LogP contribution is -2.23. The Morgan fingerprint density at radius 1 is 1.14 bits per heavy atom. The Morgan fingerprint density at radius 2 is 1.82 bits per heavy atom. The van der Waals surface area contributed by atoms with Crippen LogP contribution in [-0.4, -0.2) is 26.4 Å². The Kier molecular flexibility index (Phi) is 4.89. The summed E-state index contributed by atoms with van der Waals surface area (Å²) in [6.07, 6.45) is 1.52. The lowest BCUT2D eigenvalue weighted by atomic mass is 10.2. The quantitative estimate of drug-likeness (QED) is 0.867. The predicted molar refractivity (Wildman–Crippen MR) is 82.8 cm³/mol. The molecule has 1 amide bonds. The molecule has 0 radical (unpaired) electrons. The zero-order valence-electron chi connectivity index (χ0n) is 12.3. The molecule has 2 aromatic rings. The van der Waals surface area contributed by atoms with Gasteiger partial charge < -0.3 is 5.32 Å². The molecule has 1 heterocycles. The van der Waals surface area contributed by atoms with Crippen molar-refractivity contribution in [3.8, 4) is 0 Å². The van der Waals surface area contributed by atoms with Crippen molar-refractivity contribution >= 4 is 15.9 Å². The first-order valence-corrected chi connectivity index (χ1v) is 8.14. The fourth-order valence-electron chi connectivity index (χ4n) is 1.79. The maximum Gasteiger partial charge on any atom is 0.253 e. The second-order valence-corrected chi connectivity index (χ2v) is 6.61. The number of pyridine rings is 1. The van der Waals surface area contributed by atoms with Crippen LogP contribution in [0.3, 0.4) is 0 Å². The van der Waals surface area contributed by atoms with E-state index < -0.39 is 10.0 Å². The monoisotopic (exact) mass is 319 g/mol. The summed E-state index contributed by atoms with van der Waals surface area (Å²) in [6.45, 7) is 2.16. The third-order valence-corrected chi connectivity index (χ3v) is 4.56. The average molecular weight is 319 g/mol. The topological polar surface area (TPSA) is 88.2 Å². The molecule has 0 bridgehead atoms. The van der Waals surface area contributed by atoms with Crippen molar-refractivity contribution in [1.29, 1.82) is 0 Å². The fourth-order valence-corrected chi connectivity index (χ4v) is 2.52. The summed E-state index contributed by atoms with van der Waals surface area (Å²) >= 11 is 0. The van der Waals surface area contributed by atoms with Crippen LogP contribution in [-0.2, 0) is 16.6 Å². The van der Waals surface area contributed by atoms with Crippen LogP contribution in [0.5, 0.6) is 0 Å². The molecule has 0 unspecified atom stereocenters. The molecule has 0 atom stereocenters. The molecule has 0 aliphatic heterocycles. The molecule has 1 aromatic carbocycles. The number of carbonyl (C=O) groups is 1. The number of hydrogen-bond donors (Lipinski definition) is 2. The smallest absolute Gasteiger partial charge is 0.253 e. The molecule has 2 rings (SSSR count). The number of aryl methyl sites for hydroxylation is 1. The molecular weight excluding hydrogens is 302 g/mol. The molecule has 0 saturated heterocycles. The Balaban J connectivity index is 2.00. The van der Waals surface area contributed by atoms with Crippen molar-refractivity contribution < 1.29 is 13.2 Å². The van der Waals surface area contributed by atoms with E-state index in [1.807, 2.05) is 6.92 Å². The molecule has 6 nitrogen and oxygen atoms in total. The minimum atomic E-state index is -3.44. The van der Waals surface area contributed by atoms with E-state index >= 15 is 0 Å². The minimum absolute atomic E-state index is 0.188. The summed E-state index contributed by atoms with van der Waals surface area (Å²) in [6, 6.07) is 9.81. The molecule has 0 aliphatic rings. The molecule has 2 N–H and O–H groups in total. The third kappa shape index (κ3) is 3.90. The molecule has 0 spiro atoms. The number of benzene rings is 1. The van der Waals surface area contributed by atoms with Gasteiger partial charge in [-0.2, -0.15) is 0 Å². The van der Waals surface area contributed by atoms with Crippen LogP contribution in [0.1, 0.15) is 21.6 Å². The highest BCUT2D eigenvalue weighted by Crippen LogP contribution is 2.10. The van der Waals surface area contributed by atoms with Gasteiger partial charge in [-0.1, -0.05) is 12.1 Å². The molecule has 0 saturated carbocycles. The van der Waals surface area contributed by atoms with Gasteiger partial charge in [0, 0.05) is 18.4 Å². The highest BCUT2D eigenvalue weighted by molar-refractivity contribution is 7.89. The van der Waals surface area contributed by atoms with Crippen LogP contribution in [0.2, 0.25) is 0 Å². The molecule has 7 heteroatoms. The van der Waals surface area contributed by atoms with Gasteiger partial charge in [0.25, 0.3) is 5.91 Å². The van der Waals surface area contributed by atoms with E-state index in [0.29, 0.717) is 12.1 Å². The van der Waals surface area contributed by atoms with Crippen LogP contribution < -0.4 is 10.0 Å². The first kappa shape index (κ1) is 16.1. The Morgan fingerprint density at radius 3 is 2.36 bits per heavy atom. The van der Waals surface area contributed by atoms with Crippen molar-refractivity contribution in [2.24, 2.45) is 0 Å². The van der Waals surface area contributed by atoms with Crippen LogP contribution in [0, 0.1) is 6.92 Å². The Hall–Kier alpha value is -2.25. The molecule has 0 fully saturated rings. The molecule has 116 valence electrons. The number of nitrogens with one attached hydrogen (secondary N) is 2. The summed E-state index contributed by atoms with van der Waals surface area (Å²) < 4.78 is 25.5. The van der Waals surface area contributed by atoms with Crippen LogP contribution in [0.25, 0.3) is 0 Å². The molecule has 22 heavy (non-hydrogen) atoms. The largest absolute Gasteiger partial charge is 0.348 e. The minimum Gasteiger partial charge on any atom is -0.348 e. The number of carbonyl (C=O) groups excluding carboxylic acids is 1. The fraction of sp³-hybridized carbons (Fsp3) is 0.200. The maximum atomic E-state index is 11.9. The summed E-state index contributed by atoms with van der Waals surface area (Å²) in [4.78, 5) is 16.2. The van der Waals surface area contributed by atoms with Crippen molar-refractivity contribution in [1.82, 2.24) is 15.0 Å². The van der Waals surface area contributed by atoms with Crippen molar-refractivity contribution in [3.63, 3.8) is 0 Å². The van der Waals surface area contributed by atoms with Crippen molar-refractivity contribution in [2.75, 3.05) is 7.05 Å². The van der Waals surface area contributed by atoms with Gasteiger partial charge in [-0.15, -0.1) is 0 Å². The SMILES string of the molecule is CNS(=O)(=O)c1ccc(CNC(=O)c2ccc(C)nc2)cc1. The standard InChI is InChI=1S/C15H17N3O3S/c1-11-3-6-13(10-17-11)15(19)18-9-12-4-7-14(8-5-12)22(20,21)16-2/h3-8,10,16H,9H2,1-2H3,(H,18,19). The van der Waals surface area contributed by atoms with E-state index in [9.17, 15) is 13.2 Å². The first-order valence-electron chi connectivity index (χ1n) is 6.66. The van der Waals surface area contributed by atoms with Gasteiger partial charge in [-0.3, -0.25) is 9.78 Å². The van der Waals surface area contributed by atoms with Crippen LogP contribution in [0.15, 0.2) is 47.5 Å². The van der Waals surface area contributed by atoms with E-state index in [4.69, 9.17) is 0 Å². The first-order chi connectivity index (χ1) is 10.4. The predicted octanol–water partition coefficient (Wildman–Crippen LogP) is 1.23. The number of rotatable bonds is 5. The lowest BCUT2D eigenvalue weighted by Gasteiger charge is -2.07. The number of hydrogen-bond acceptors (Lipinski definition) is 4. The van der Waals surface area contributed by atoms with Gasteiger partial charge in [0.1, 0.15) is 0 Å². The van der Waals surface area contributed by atoms with Gasteiger partial charge in [0.05, 0.1) is 10.5 Å². The summed E-state index contributed by atoms with van der Waals surface area (Å²) in [5.74, 6) is -0.223. The van der Waals surface area contributed by atoms with E-state index in [1.54, 1.807) is 24.3 Å².